The fourth-order valence-corrected chi connectivity index (χ4v) is 2.62. The minimum atomic E-state index is -0.675. The van der Waals surface area contributed by atoms with Gasteiger partial charge in [0.05, 0.1) is 5.84 Å². The molecule has 0 aliphatic rings. The lowest BCUT2D eigenvalue weighted by atomic mass is 9.84. The van der Waals surface area contributed by atoms with Gasteiger partial charge in [0.2, 0.25) is 0 Å². The third-order valence-corrected chi connectivity index (χ3v) is 4.09. The van der Waals surface area contributed by atoms with E-state index in [9.17, 15) is 4.39 Å². The molecule has 27 heavy (non-hydrogen) atoms. The third kappa shape index (κ3) is 6.35. The molecule has 2 aromatic rings. The van der Waals surface area contributed by atoms with E-state index in [1.54, 1.807) is 13.0 Å². The summed E-state index contributed by atoms with van der Waals surface area (Å²) in [6.45, 7) is 19.6. The van der Waals surface area contributed by atoms with E-state index < -0.39 is 5.54 Å². The van der Waals surface area contributed by atoms with Crippen LogP contribution in [0.5, 0.6) is 0 Å². The third-order valence-electron chi connectivity index (χ3n) is 4.09. The van der Waals surface area contributed by atoms with Gasteiger partial charge in [0.15, 0.2) is 0 Å². The second kappa shape index (κ2) is 11.3. The van der Waals surface area contributed by atoms with E-state index in [0.29, 0.717) is 11.4 Å². The Morgan fingerprint density at radius 2 is 1.63 bits per heavy atom. The first-order valence-corrected chi connectivity index (χ1v) is 9.59. The number of halogens is 1. The molecule has 0 amide bonds. The van der Waals surface area contributed by atoms with Crippen molar-refractivity contribution in [2.75, 3.05) is 0 Å². The van der Waals surface area contributed by atoms with Crippen molar-refractivity contribution in [3.05, 3.63) is 71.6 Å². The van der Waals surface area contributed by atoms with Gasteiger partial charge in [-0.1, -0.05) is 70.2 Å². The molecule has 0 aromatic heterocycles. The molecule has 0 spiro atoms. The van der Waals surface area contributed by atoms with Crippen molar-refractivity contribution in [3.8, 4) is 11.1 Å². The zero-order chi connectivity index (χ0) is 21.2. The van der Waals surface area contributed by atoms with Gasteiger partial charge in [-0.3, -0.25) is 4.99 Å². The van der Waals surface area contributed by atoms with Gasteiger partial charge < -0.3 is 5.73 Å². The average Bonchev–Trinajstić information content (AvgIpc) is 2.64. The molecule has 0 aliphatic heterocycles. The molecule has 0 fully saturated rings. The number of amidine groups is 1. The summed E-state index contributed by atoms with van der Waals surface area (Å²) in [6, 6.07) is 12.9. The Labute approximate surface area is 165 Å². The SMILES string of the molecule is C=C(C)C(C)(N=C(C)N)c1ccc(F)c(-c2cccc(C)c2)c1.CC.CC. The van der Waals surface area contributed by atoms with Crippen molar-refractivity contribution < 1.29 is 4.39 Å². The number of aryl methyl sites for hydroxylation is 1. The maximum atomic E-state index is 14.4. The first kappa shape index (κ1) is 24.6. The van der Waals surface area contributed by atoms with E-state index in [4.69, 9.17) is 5.73 Å². The molecular weight excluding hydrogens is 335 g/mol. The smallest absolute Gasteiger partial charge is 0.131 e. The van der Waals surface area contributed by atoms with Crippen LogP contribution in [0.1, 0.15) is 59.6 Å². The Morgan fingerprint density at radius 3 is 2.11 bits per heavy atom. The Morgan fingerprint density at radius 1 is 1.04 bits per heavy atom. The average molecular weight is 371 g/mol. The molecule has 0 heterocycles. The predicted octanol–water partition coefficient (Wildman–Crippen LogP) is 7.02. The molecule has 0 saturated carbocycles. The van der Waals surface area contributed by atoms with E-state index in [1.807, 2.05) is 78.8 Å². The topological polar surface area (TPSA) is 38.4 Å². The minimum absolute atomic E-state index is 0.253. The number of nitrogens with zero attached hydrogens (tertiary/aromatic N) is 1. The lowest BCUT2D eigenvalue weighted by molar-refractivity contribution is 0.585. The standard InChI is InChI=1S/C20H23FN2.2C2H6/c1-13(2)20(5,23-15(4)22)17-9-10-19(21)18(12-17)16-8-6-7-14(3)11-16;2*1-2/h6-12H,1H2,2-5H3,(H2,22,23);2*1-2H3. The molecule has 2 nitrogen and oxygen atoms in total. The van der Waals surface area contributed by atoms with Crippen molar-refractivity contribution in [2.24, 2.45) is 10.7 Å². The van der Waals surface area contributed by atoms with E-state index in [-0.39, 0.29) is 5.82 Å². The summed E-state index contributed by atoms with van der Waals surface area (Å²) < 4.78 is 14.4. The Kier molecular flexibility index (Phi) is 10.3. The fraction of sp³-hybridized carbons (Fsp3) is 0.375. The largest absolute Gasteiger partial charge is 0.388 e. The van der Waals surface area contributed by atoms with Gasteiger partial charge in [-0.15, -0.1) is 0 Å². The zero-order valence-electron chi connectivity index (χ0n) is 18.2. The van der Waals surface area contributed by atoms with Crippen molar-refractivity contribution >= 4 is 5.84 Å². The van der Waals surface area contributed by atoms with E-state index in [0.717, 1.165) is 22.3 Å². The van der Waals surface area contributed by atoms with Crippen molar-refractivity contribution in [3.63, 3.8) is 0 Å². The van der Waals surface area contributed by atoms with Crippen LogP contribution in [0.25, 0.3) is 11.1 Å². The predicted molar refractivity (Wildman–Crippen MR) is 119 cm³/mol. The van der Waals surface area contributed by atoms with E-state index >= 15 is 0 Å². The molecule has 0 radical (unpaired) electrons. The molecule has 1 atom stereocenters. The molecule has 0 saturated heterocycles. The van der Waals surface area contributed by atoms with Crippen molar-refractivity contribution in [1.82, 2.24) is 0 Å². The second-order valence-electron chi connectivity index (χ2n) is 6.17. The molecule has 148 valence electrons. The molecule has 0 aliphatic carbocycles. The minimum Gasteiger partial charge on any atom is -0.388 e. The summed E-state index contributed by atoms with van der Waals surface area (Å²) in [7, 11) is 0. The van der Waals surface area contributed by atoms with Gasteiger partial charge in [0.25, 0.3) is 0 Å². The summed E-state index contributed by atoms with van der Waals surface area (Å²) in [5.74, 6) is 0.216. The summed E-state index contributed by atoms with van der Waals surface area (Å²) >= 11 is 0. The van der Waals surface area contributed by atoms with Gasteiger partial charge >= 0.3 is 0 Å². The summed E-state index contributed by atoms with van der Waals surface area (Å²) in [4.78, 5) is 4.53. The monoisotopic (exact) mass is 370 g/mol. The van der Waals surface area contributed by atoms with Crippen LogP contribution in [0.2, 0.25) is 0 Å². The van der Waals surface area contributed by atoms with Gasteiger partial charge in [-0.25, -0.2) is 4.39 Å². The highest BCUT2D eigenvalue weighted by atomic mass is 19.1. The zero-order valence-corrected chi connectivity index (χ0v) is 18.2. The summed E-state index contributed by atoms with van der Waals surface area (Å²) in [5.41, 5.74) is 9.33. The Hall–Kier alpha value is -2.42. The number of nitrogens with two attached hydrogens (primary N) is 1. The van der Waals surface area contributed by atoms with Gasteiger partial charge in [0.1, 0.15) is 11.4 Å². The Balaban J connectivity index is 0.00000158. The van der Waals surface area contributed by atoms with Gasteiger partial charge in [0, 0.05) is 5.56 Å². The van der Waals surface area contributed by atoms with Crippen molar-refractivity contribution in [2.45, 2.75) is 60.9 Å². The normalized spacial score (nSPS) is 12.7. The lowest BCUT2D eigenvalue weighted by Crippen LogP contribution is -2.24. The van der Waals surface area contributed by atoms with Crippen LogP contribution in [-0.4, -0.2) is 5.84 Å². The number of benzene rings is 2. The van der Waals surface area contributed by atoms with Crippen LogP contribution in [0, 0.1) is 12.7 Å². The lowest BCUT2D eigenvalue weighted by Gasteiger charge is -2.27. The number of rotatable bonds is 4. The molecule has 2 aromatic carbocycles. The second-order valence-corrected chi connectivity index (χ2v) is 6.17. The maximum absolute atomic E-state index is 14.4. The summed E-state index contributed by atoms with van der Waals surface area (Å²) in [6.07, 6.45) is 0. The number of hydrogen-bond donors (Lipinski definition) is 1. The van der Waals surface area contributed by atoms with Crippen LogP contribution in [0.4, 0.5) is 4.39 Å². The summed E-state index contributed by atoms with van der Waals surface area (Å²) in [5, 5.41) is 0. The van der Waals surface area contributed by atoms with Crippen LogP contribution in [-0.2, 0) is 5.54 Å². The first-order chi connectivity index (χ1) is 12.7. The molecule has 3 heteroatoms. The number of hydrogen-bond acceptors (Lipinski definition) is 1. The molecule has 0 bridgehead atoms. The van der Waals surface area contributed by atoms with Gasteiger partial charge in [-0.2, -0.15) is 0 Å². The van der Waals surface area contributed by atoms with Crippen LogP contribution in [0.15, 0.2) is 59.6 Å². The van der Waals surface area contributed by atoms with E-state index in [2.05, 4.69) is 11.6 Å². The quantitative estimate of drug-likeness (QED) is 0.350. The highest BCUT2D eigenvalue weighted by molar-refractivity contribution is 5.78. The molecule has 1 unspecified atom stereocenters. The maximum Gasteiger partial charge on any atom is 0.131 e. The van der Waals surface area contributed by atoms with Crippen LogP contribution >= 0.6 is 0 Å². The molecule has 2 N–H and O–H groups in total. The number of aliphatic imine (C=N–C) groups is 1. The molecule has 2 rings (SSSR count). The van der Waals surface area contributed by atoms with Crippen LogP contribution < -0.4 is 5.73 Å². The first-order valence-electron chi connectivity index (χ1n) is 9.59. The van der Waals surface area contributed by atoms with Crippen molar-refractivity contribution in [1.29, 1.82) is 0 Å². The fourth-order valence-electron chi connectivity index (χ4n) is 2.62. The molecular formula is C24H35FN2. The van der Waals surface area contributed by atoms with E-state index in [1.165, 1.54) is 6.07 Å². The highest BCUT2D eigenvalue weighted by Gasteiger charge is 2.28. The Bertz CT molecular complexity index is 774. The highest BCUT2D eigenvalue weighted by Crippen LogP contribution is 2.35. The van der Waals surface area contributed by atoms with Gasteiger partial charge in [-0.05, 0) is 56.5 Å². The van der Waals surface area contributed by atoms with Crippen LogP contribution in [0.3, 0.4) is 0 Å².